The minimum absolute atomic E-state index is 0.00367. The van der Waals surface area contributed by atoms with Crippen LogP contribution in [0.5, 0.6) is 0 Å². The highest BCUT2D eigenvalue weighted by molar-refractivity contribution is 5.78. The van der Waals surface area contributed by atoms with Gasteiger partial charge in [-0.05, 0) is 38.3 Å². The van der Waals surface area contributed by atoms with E-state index in [2.05, 4.69) is 11.9 Å². The average molecular weight is 352 g/mol. The van der Waals surface area contributed by atoms with E-state index in [0.29, 0.717) is 12.1 Å². The molecule has 0 saturated carbocycles. The SMILES string of the molecule is CN1C2CCC1CC(OC(=O)C(CO)c1ccccc1)C2.O=[N+]([O-])O. The van der Waals surface area contributed by atoms with Crippen molar-refractivity contribution in [2.24, 2.45) is 0 Å². The zero-order valence-electron chi connectivity index (χ0n) is 14.2. The Morgan fingerprint density at radius 1 is 1.32 bits per heavy atom. The number of piperidine rings is 1. The molecule has 2 aliphatic rings. The van der Waals surface area contributed by atoms with Crippen LogP contribution >= 0.6 is 0 Å². The summed E-state index contributed by atoms with van der Waals surface area (Å²) in [7, 11) is 2.17. The van der Waals surface area contributed by atoms with E-state index in [0.717, 1.165) is 18.4 Å². The van der Waals surface area contributed by atoms with E-state index in [1.165, 1.54) is 12.8 Å². The molecule has 2 saturated heterocycles. The molecule has 2 heterocycles. The van der Waals surface area contributed by atoms with Crippen molar-refractivity contribution in [1.29, 1.82) is 0 Å². The van der Waals surface area contributed by atoms with Crippen LogP contribution in [0.2, 0.25) is 0 Å². The quantitative estimate of drug-likeness (QED) is 0.480. The molecule has 2 fully saturated rings. The molecule has 8 nitrogen and oxygen atoms in total. The molecule has 25 heavy (non-hydrogen) atoms. The molecule has 2 bridgehead atoms. The van der Waals surface area contributed by atoms with E-state index in [1.54, 1.807) is 0 Å². The molecule has 1 aromatic rings. The molecule has 2 aliphatic heterocycles. The number of aliphatic hydroxyl groups is 1. The summed E-state index contributed by atoms with van der Waals surface area (Å²) in [5.74, 6) is -0.860. The molecule has 3 unspecified atom stereocenters. The van der Waals surface area contributed by atoms with Crippen LogP contribution in [0.4, 0.5) is 0 Å². The predicted octanol–water partition coefficient (Wildman–Crippen LogP) is 1.58. The number of hydrogen-bond donors (Lipinski definition) is 2. The number of carbonyl (C=O) groups excluding carboxylic acids is 1. The Balaban J connectivity index is 0.000000511. The van der Waals surface area contributed by atoms with Crippen LogP contribution < -0.4 is 0 Å². The first kappa shape index (κ1) is 19.1. The summed E-state index contributed by atoms with van der Waals surface area (Å²) in [6, 6.07) is 10.5. The first-order valence-electron chi connectivity index (χ1n) is 8.33. The fourth-order valence-electron chi connectivity index (χ4n) is 3.71. The Labute approximate surface area is 146 Å². The van der Waals surface area contributed by atoms with E-state index >= 15 is 0 Å². The normalized spacial score (nSPS) is 26.2. The Hall–Kier alpha value is -2.19. The van der Waals surface area contributed by atoms with Gasteiger partial charge in [0.05, 0.1) is 6.61 Å². The molecule has 3 atom stereocenters. The third-order valence-electron chi connectivity index (χ3n) is 5.01. The van der Waals surface area contributed by atoms with Gasteiger partial charge in [-0.1, -0.05) is 30.3 Å². The molecule has 0 radical (unpaired) electrons. The summed E-state index contributed by atoms with van der Waals surface area (Å²) in [6.45, 7) is -0.206. The molecular weight excluding hydrogens is 328 g/mol. The fraction of sp³-hybridized carbons (Fsp3) is 0.588. The highest BCUT2D eigenvalue weighted by atomic mass is 16.9. The molecule has 138 valence electrons. The van der Waals surface area contributed by atoms with Crippen molar-refractivity contribution in [3.05, 3.63) is 46.0 Å². The van der Waals surface area contributed by atoms with Crippen LogP contribution in [0.25, 0.3) is 0 Å². The minimum Gasteiger partial charge on any atom is -0.462 e. The van der Waals surface area contributed by atoms with E-state index in [1.807, 2.05) is 30.3 Å². The third kappa shape index (κ3) is 5.14. The monoisotopic (exact) mass is 352 g/mol. The largest absolute Gasteiger partial charge is 0.462 e. The van der Waals surface area contributed by atoms with Crippen LogP contribution in [-0.2, 0) is 9.53 Å². The smallest absolute Gasteiger partial charge is 0.316 e. The number of carbonyl (C=O) groups is 1. The standard InChI is InChI=1S/C17H23NO3.HNO3/c1-18-13-7-8-14(18)10-15(9-13)21-17(20)16(11-19)12-5-3-2-4-6-12;2-1(3)4/h2-6,13-16,19H,7-11H2,1H3;(H,2,3,4). The topological polar surface area (TPSA) is 113 Å². The number of nitrogens with zero attached hydrogens (tertiary/aromatic N) is 2. The van der Waals surface area contributed by atoms with Crippen molar-refractivity contribution < 1.29 is 24.9 Å². The fourth-order valence-corrected chi connectivity index (χ4v) is 3.71. The van der Waals surface area contributed by atoms with Gasteiger partial charge in [0.1, 0.15) is 12.0 Å². The Morgan fingerprint density at radius 2 is 1.84 bits per heavy atom. The number of ether oxygens (including phenoxy) is 1. The van der Waals surface area contributed by atoms with Gasteiger partial charge >= 0.3 is 5.97 Å². The number of rotatable bonds is 4. The summed E-state index contributed by atoms with van der Waals surface area (Å²) < 4.78 is 5.70. The maximum Gasteiger partial charge on any atom is 0.316 e. The Kier molecular flexibility index (Phi) is 6.72. The van der Waals surface area contributed by atoms with Crippen LogP contribution in [0.15, 0.2) is 30.3 Å². The summed E-state index contributed by atoms with van der Waals surface area (Å²) in [5.41, 5.74) is 0.820. The molecule has 1 aromatic carbocycles. The second kappa shape index (κ2) is 8.77. The van der Waals surface area contributed by atoms with Gasteiger partial charge in [-0.15, -0.1) is 10.1 Å². The van der Waals surface area contributed by atoms with E-state index < -0.39 is 11.0 Å². The van der Waals surface area contributed by atoms with Crippen LogP contribution in [-0.4, -0.2) is 58.1 Å². The number of esters is 1. The van der Waals surface area contributed by atoms with Crippen molar-refractivity contribution in [2.45, 2.75) is 49.8 Å². The third-order valence-corrected chi connectivity index (χ3v) is 5.01. The second-order valence-electron chi connectivity index (χ2n) is 6.46. The predicted molar refractivity (Wildman–Crippen MR) is 88.7 cm³/mol. The highest BCUT2D eigenvalue weighted by Crippen LogP contribution is 2.36. The first-order valence-corrected chi connectivity index (χ1v) is 8.33. The van der Waals surface area contributed by atoms with E-state index in [9.17, 15) is 9.90 Å². The van der Waals surface area contributed by atoms with Crippen LogP contribution in [0.3, 0.4) is 0 Å². The first-order chi connectivity index (χ1) is 11.9. The summed E-state index contributed by atoms with van der Waals surface area (Å²) in [5, 5.41) is 23.2. The van der Waals surface area contributed by atoms with E-state index in [-0.39, 0.29) is 18.7 Å². The van der Waals surface area contributed by atoms with Gasteiger partial charge in [0.25, 0.3) is 5.09 Å². The highest BCUT2D eigenvalue weighted by Gasteiger charge is 2.40. The molecule has 2 N–H and O–H groups in total. The average Bonchev–Trinajstić information content (AvgIpc) is 2.78. The molecule has 0 spiro atoms. The molecule has 3 rings (SSSR count). The van der Waals surface area contributed by atoms with Gasteiger partial charge < -0.3 is 20.0 Å². The van der Waals surface area contributed by atoms with Crippen LogP contribution in [0.1, 0.15) is 37.2 Å². The van der Waals surface area contributed by atoms with Crippen molar-refractivity contribution in [1.82, 2.24) is 4.90 Å². The zero-order chi connectivity index (χ0) is 18.4. The van der Waals surface area contributed by atoms with Gasteiger partial charge in [0.15, 0.2) is 0 Å². The molecule has 0 aromatic heterocycles. The van der Waals surface area contributed by atoms with E-state index in [4.69, 9.17) is 20.1 Å². The molecule has 0 amide bonds. The number of aliphatic hydroxyl groups excluding tert-OH is 1. The van der Waals surface area contributed by atoms with Crippen molar-refractivity contribution in [3.8, 4) is 0 Å². The molecule has 8 heteroatoms. The zero-order valence-corrected chi connectivity index (χ0v) is 14.2. The number of fused-ring (bicyclic) bond motifs is 2. The van der Waals surface area contributed by atoms with Gasteiger partial charge in [-0.3, -0.25) is 4.79 Å². The van der Waals surface area contributed by atoms with Crippen molar-refractivity contribution >= 4 is 5.97 Å². The summed E-state index contributed by atoms with van der Waals surface area (Å²) >= 11 is 0. The lowest BCUT2D eigenvalue weighted by Gasteiger charge is -2.36. The number of benzene rings is 1. The van der Waals surface area contributed by atoms with Gasteiger partial charge in [-0.2, -0.15) is 0 Å². The van der Waals surface area contributed by atoms with Gasteiger partial charge in [0, 0.05) is 12.1 Å². The number of hydrogen-bond acceptors (Lipinski definition) is 6. The Bertz CT molecular complexity index is 564. The lowest BCUT2D eigenvalue weighted by atomic mass is 9.98. The maximum atomic E-state index is 12.4. The lowest BCUT2D eigenvalue weighted by Crippen LogP contribution is -2.43. The van der Waals surface area contributed by atoms with Gasteiger partial charge in [0.2, 0.25) is 0 Å². The maximum absolute atomic E-state index is 12.4. The summed E-state index contributed by atoms with van der Waals surface area (Å²) in [6.07, 6.45) is 4.26. The molecular formula is C17H24N2O6. The minimum atomic E-state index is -1.50. The van der Waals surface area contributed by atoms with Gasteiger partial charge in [-0.25, -0.2) is 0 Å². The van der Waals surface area contributed by atoms with Crippen molar-refractivity contribution in [3.63, 3.8) is 0 Å². The van der Waals surface area contributed by atoms with Crippen molar-refractivity contribution in [2.75, 3.05) is 13.7 Å². The van der Waals surface area contributed by atoms with Crippen LogP contribution in [0, 0.1) is 10.1 Å². The molecule has 0 aliphatic carbocycles. The summed E-state index contributed by atoms with van der Waals surface area (Å²) in [4.78, 5) is 23.1. The lowest BCUT2D eigenvalue weighted by molar-refractivity contribution is -0.742. The second-order valence-corrected chi connectivity index (χ2v) is 6.46. The Morgan fingerprint density at radius 3 is 2.32 bits per heavy atom.